The molecule has 1 aromatic heterocycles. The Balaban J connectivity index is 0.000000795. The Hall–Kier alpha value is -3.74. The van der Waals surface area contributed by atoms with E-state index in [-0.39, 0.29) is 17.8 Å². The van der Waals surface area contributed by atoms with Gasteiger partial charge in [0.1, 0.15) is 23.0 Å². The summed E-state index contributed by atoms with van der Waals surface area (Å²) in [5, 5.41) is 19.4. The number of aromatic nitrogens is 1. The predicted octanol–water partition coefficient (Wildman–Crippen LogP) is 2.45. The van der Waals surface area contributed by atoms with Crippen LogP contribution in [0.5, 0.6) is 5.75 Å². The average Bonchev–Trinajstić information content (AvgIpc) is 2.92. The van der Waals surface area contributed by atoms with Crippen LogP contribution >= 0.6 is 0 Å². The number of halogens is 5. The van der Waals surface area contributed by atoms with Crippen molar-refractivity contribution in [1.29, 1.82) is 0 Å². The molecule has 2 aliphatic heterocycles. The third-order valence-electron chi connectivity index (χ3n) is 5.57. The van der Waals surface area contributed by atoms with Gasteiger partial charge in [-0.15, -0.1) is 0 Å². The molecule has 2 aromatic rings. The number of carbonyl (C=O) groups excluding carboxylic acids is 2. The molecule has 35 heavy (non-hydrogen) atoms. The van der Waals surface area contributed by atoms with Gasteiger partial charge in [-0.1, -0.05) is 12.2 Å². The van der Waals surface area contributed by atoms with E-state index < -0.39 is 64.7 Å². The maximum absolute atomic E-state index is 13.8. The number of aliphatic hydroxyl groups excluding tert-OH is 1. The fraction of sp³-hybridized carbons (Fsp3) is 0.318. The van der Waals surface area contributed by atoms with E-state index in [0.717, 1.165) is 0 Å². The fourth-order valence-electron chi connectivity index (χ4n) is 3.90. The van der Waals surface area contributed by atoms with Crippen molar-refractivity contribution in [3.8, 4) is 5.75 Å². The van der Waals surface area contributed by atoms with Gasteiger partial charge in [-0.2, -0.15) is 8.78 Å². The molecule has 2 atom stereocenters. The molecule has 13 heteroatoms. The first-order valence-corrected chi connectivity index (χ1v) is 10.3. The normalized spacial score (nSPS) is 18.5. The molecular formula is C22H20F5N3O5. The van der Waals surface area contributed by atoms with Crippen molar-refractivity contribution < 1.29 is 41.8 Å². The first-order valence-electron chi connectivity index (χ1n) is 10.3. The first kappa shape index (κ1) is 25.9. The Morgan fingerprint density at radius 3 is 2.40 bits per heavy atom. The molecule has 0 saturated carbocycles. The van der Waals surface area contributed by atoms with Crippen LogP contribution in [0.2, 0.25) is 0 Å². The fourth-order valence-corrected chi connectivity index (χ4v) is 3.90. The maximum Gasteiger partial charge on any atom is 0.342 e. The second-order valence-corrected chi connectivity index (χ2v) is 7.80. The second kappa shape index (κ2) is 10.3. The Kier molecular flexibility index (Phi) is 7.58. The van der Waals surface area contributed by atoms with E-state index in [1.165, 1.54) is 15.7 Å². The highest BCUT2D eigenvalue weighted by molar-refractivity contribution is 5.99. The molecule has 4 rings (SSSR count). The Bertz CT molecular complexity index is 1220. The van der Waals surface area contributed by atoms with Crippen LogP contribution < -0.4 is 10.7 Å². The van der Waals surface area contributed by atoms with Crippen molar-refractivity contribution in [3.63, 3.8) is 0 Å². The third-order valence-corrected chi connectivity index (χ3v) is 5.57. The highest BCUT2D eigenvalue weighted by atomic mass is 19.3. The van der Waals surface area contributed by atoms with Gasteiger partial charge in [0.05, 0.1) is 6.04 Å². The SMILES string of the molecule is CC1C=CCC2CN1C(=O)c1c(O)c(=O)c(C(=O)NCc3c(F)cc(F)cc3F)cn12.OC(F)F. The molecule has 1 aromatic carbocycles. The number of allylic oxidation sites excluding steroid dienone is 1. The maximum atomic E-state index is 13.8. The standard InChI is InChI=1S/C21H18F3N3O4.CH2F2O/c1-10-3-2-4-12-8-26(10)21(31)17-19(29)18(28)14(9-27(12)17)20(30)25-7-13-15(23)5-11(22)6-16(13)24;2-1(3)4/h2-3,5-6,9-10,12,29H,4,7-8H2,1H3,(H,25,30);1,4H. The smallest absolute Gasteiger partial charge is 0.342 e. The van der Waals surface area contributed by atoms with Crippen molar-refractivity contribution in [2.24, 2.45) is 0 Å². The van der Waals surface area contributed by atoms with Gasteiger partial charge >= 0.3 is 6.61 Å². The highest BCUT2D eigenvalue weighted by Gasteiger charge is 2.37. The Morgan fingerprint density at radius 2 is 1.80 bits per heavy atom. The molecule has 0 saturated heterocycles. The molecule has 2 aliphatic rings. The summed E-state index contributed by atoms with van der Waals surface area (Å²) in [5.41, 5.74) is -2.33. The Morgan fingerprint density at radius 1 is 1.20 bits per heavy atom. The number of aliphatic hydroxyl groups is 1. The highest BCUT2D eigenvalue weighted by Crippen LogP contribution is 2.31. The number of carbonyl (C=O) groups is 2. The van der Waals surface area contributed by atoms with Crippen molar-refractivity contribution in [2.75, 3.05) is 6.54 Å². The van der Waals surface area contributed by atoms with Crippen LogP contribution in [0.25, 0.3) is 0 Å². The molecule has 2 amide bonds. The molecule has 0 spiro atoms. The summed E-state index contributed by atoms with van der Waals surface area (Å²) in [7, 11) is 0. The van der Waals surface area contributed by atoms with Crippen LogP contribution in [0.1, 0.15) is 45.8 Å². The number of fused-ring (bicyclic) bond motifs is 4. The van der Waals surface area contributed by atoms with Gasteiger partial charge in [-0.3, -0.25) is 14.4 Å². The molecule has 0 radical (unpaired) electrons. The molecular weight excluding hydrogens is 481 g/mol. The number of nitrogens with one attached hydrogen (secondary N) is 1. The number of alkyl halides is 2. The number of nitrogens with zero attached hydrogens (tertiary/aromatic N) is 2. The number of rotatable bonds is 3. The minimum absolute atomic E-state index is 0.205. The molecule has 2 bridgehead atoms. The molecule has 0 aliphatic carbocycles. The van der Waals surface area contributed by atoms with Crippen LogP contribution in [-0.4, -0.2) is 50.7 Å². The van der Waals surface area contributed by atoms with Crippen LogP contribution in [0.4, 0.5) is 22.0 Å². The van der Waals surface area contributed by atoms with Crippen LogP contribution in [0.3, 0.4) is 0 Å². The minimum Gasteiger partial charge on any atom is -0.503 e. The van der Waals surface area contributed by atoms with Crippen molar-refractivity contribution in [1.82, 2.24) is 14.8 Å². The summed E-state index contributed by atoms with van der Waals surface area (Å²) in [5.74, 6) is -5.87. The van der Waals surface area contributed by atoms with E-state index in [4.69, 9.17) is 5.11 Å². The number of hydrogen-bond donors (Lipinski definition) is 3. The average molecular weight is 501 g/mol. The lowest BCUT2D eigenvalue weighted by molar-refractivity contribution is -0.0728. The minimum atomic E-state index is -3.17. The Labute approximate surface area is 194 Å². The van der Waals surface area contributed by atoms with Gasteiger partial charge in [0.2, 0.25) is 5.43 Å². The topological polar surface area (TPSA) is 112 Å². The van der Waals surface area contributed by atoms with E-state index in [2.05, 4.69) is 5.32 Å². The van der Waals surface area contributed by atoms with Gasteiger partial charge < -0.3 is 25.0 Å². The molecule has 188 valence electrons. The molecule has 0 fully saturated rings. The summed E-state index contributed by atoms with van der Waals surface area (Å²) < 4.78 is 61.8. The van der Waals surface area contributed by atoms with Crippen molar-refractivity contribution in [3.05, 3.63) is 75.0 Å². The van der Waals surface area contributed by atoms with Crippen molar-refractivity contribution in [2.45, 2.75) is 38.6 Å². The molecule has 8 nitrogen and oxygen atoms in total. The van der Waals surface area contributed by atoms with Crippen LogP contribution in [0, 0.1) is 17.5 Å². The monoisotopic (exact) mass is 501 g/mol. The summed E-state index contributed by atoms with van der Waals surface area (Å²) in [6, 6.07) is 0.424. The zero-order valence-electron chi connectivity index (χ0n) is 18.1. The van der Waals surface area contributed by atoms with E-state index >= 15 is 0 Å². The number of amides is 2. The lowest BCUT2D eigenvalue weighted by atomic mass is 10.1. The molecule has 2 unspecified atom stereocenters. The van der Waals surface area contributed by atoms with Crippen LogP contribution in [-0.2, 0) is 6.54 Å². The summed E-state index contributed by atoms with van der Waals surface area (Å²) in [6.07, 6.45) is 5.41. The largest absolute Gasteiger partial charge is 0.503 e. The summed E-state index contributed by atoms with van der Waals surface area (Å²) in [4.78, 5) is 39.5. The lowest BCUT2D eigenvalue weighted by Crippen LogP contribution is -2.47. The molecule has 3 N–H and O–H groups in total. The van der Waals surface area contributed by atoms with Crippen LogP contribution in [0.15, 0.2) is 35.3 Å². The zero-order chi connectivity index (χ0) is 26.0. The number of pyridine rings is 1. The quantitative estimate of drug-likeness (QED) is 0.442. The van der Waals surface area contributed by atoms with Gasteiger partial charge in [0.15, 0.2) is 11.4 Å². The van der Waals surface area contributed by atoms with Crippen molar-refractivity contribution >= 4 is 11.8 Å². The third kappa shape index (κ3) is 5.34. The number of aromatic hydroxyl groups is 1. The predicted molar refractivity (Wildman–Crippen MR) is 111 cm³/mol. The van der Waals surface area contributed by atoms with Gasteiger partial charge in [-0.25, -0.2) is 13.2 Å². The number of hydrogen-bond acceptors (Lipinski definition) is 5. The summed E-state index contributed by atoms with van der Waals surface area (Å²) >= 11 is 0. The van der Waals surface area contributed by atoms with Gasteiger partial charge in [0, 0.05) is 43.0 Å². The first-order chi connectivity index (χ1) is 16.4. The van der Waals surface area contributed by atoms with E-state index in [9.17, 15) is 41.4 Å². The van der Waals surface area contributed by atoms with E-state index in [0.29, 0.717) is 25.1 Å². The van der Waals surface area contributed by atoms with Gasteiger partial charge in [0.25, 0.3) is 11.8 Å². The van der Waals surface area contributed by atoms with Gasteiger partial charge in [-0.05, 0) is 13.3 Å². The second-order valence-electron chi connectivity index (χ2n) is 7.80. The zero-order valence-corrected chi connectivity index (χ0v) is 18.1. The summed E-state index contributed by atoms with van der Waals surface area (Å²) in [6.45, 7) is -1.67. The lowest BCUT2D eigenvalue weighted by Gasteiger charge is -2.37. The van der Waals surface area contributed by atoms with E-state index in [1.54, 1.807) is 0 Å². The number of benzene rings is 1. The molecule has 3 heterocycles. The van der Waals surface area contributed by atoms with E-state index in [1.807, 2.05) is 19.1 Å².